The van der Waals surface area contributed by atoms with Crippen molar-refractivity contribution in [2.45, 2.75) is 0 Å². The van der Waals surface area contributed by atoms with Crippen molar-refractivity contribution in [1.29, 1.82) is 0 Å². The molecule has 0 unspecified atom stereocenters. The number of hydrogen-bond acceptors (Lipinski definition) is 6. The summed E-state index contributed by atoms with van der Waals surface area (Å²) in [6, 6.07) is 40.7. The second kappa shape index (κ2) is 14.8. The van der Waals surface area contributed by atoms with E-state index in [-0.39, 0.29) is 33.7 Å². The van der Waals surface area contributed by atoms with Crippen molar-refractivity contribution in [2.75, 3.05) is 0 Å². The molecule has 8 nitrogen and oxygen atoms in total. The minimum Gasteiger partial charge on any atom is -0.533 e. The van der Waals surface area contributed by atoms with Crippen LogP contribution in [0.2, 0.25) is 0 Å². The smallest absolute Gasteiger partial charge is 0.115 e. The molecule has 0 spiro atoms. The Bertz CT molecular complexity index is 2600. The predicted molar refractivity (Wildman–Crippen MR) is 207 cm³/mol. The summed E-state index contributed by atoms with van der Waals surface area (Å²) in [6.07, 6.45) is 7.99. The molecule has 5 heterocycles. The molecule has 2 aliphatic heterocycles. The van der Waals surface area contributed by atoms with Gasteiger partial charge in [0, 0.05) is 61.0 Å². The first kappa shape index (κ1) is 34.6. The van der Waals surface area contributed by atoms with Gasteiger partial charge in [0.15, 0.2) is 0 Å². The average molecular weight is 738 g/mol. The van der Waals surface area contributed by atoms with Crippen molar-refractivity contribution in [2.24, 2.45) is 0 Å². The van der Waals surface area contributed by atoms with Crippen LogP contribution in [0.5, 0.6) is 23.0 Å². The fraction of sp³-hybridized carbons (Fsp3) is 0. The summed E-state index contributed by atoms with van der Waals surface area (Å²) in [5.74, 6) is 0.852. The Hall–Kier alpha value is -6.83. The van der Waals surface area contributed by atoms with E-state index >= 15 is 0 Å². The predicted octanol–water partition coefficient (Wildman–Crippen LogP) is 9.96. The number of aromatic hydroxyl groups is 4. The summed E-state index contributed by atoms with van der Waals surface area (Å²) >= 11 is 0. The van der Waals surface area contributed by atoms with Gasteiger partial charge in [-0.3, -0.25) is 0 Å². The third-order valence-electron chi connectivity index (χ3n) is 8.74. The fourth-order valence-electron chi connectivity index (χ4n) is 6.31. The van der Waals surface area contributed by atoms with Crippen molar-refractivity contribution in [3.63, 3.8) is 0 Å². The van der Waals surface area contributed by atoms with E-state index in [0.717, 1.165) is 78.2 Å². The summed E-state index contributed by atoms with van der Waals surface area (Å²) in [5.41, 5.74) is 11.9. The van der Waals surface area contributed by atoms with Crippen molar-refractivity contribution < 1.29 is 36.9 Å². The maximum atomic E-state index is 10.1. The Morgan fingerprint density at radius 3 is 1.26 bits per heavy atom. The first-order valence-corrected chi connectivity index (χ1v) is 16.5. The van der Waals surface area contributed by atoms with Gasteiger partial charge in [0.05, 0.1) is 22.8 Å². The molecule has 2 aliphatic rings. The van der Waals surface area contributed by atoms with Crippen LogP contribution in [-0.2, 0) is 16.5 Å². The average Bonchev–Trinajstić information content (AvgIpc) is 3.99. The van der Waals surface area contributed by atoms with E-state index in [4.69, 9.17) is 15.1 Å². The first-order valence-electron chi connectivity index (χ1n) is 16.5. The molecule has 9 heteroatoms. The topological polar surface area (TPSA) is 138 Å². The zero-order valence-electron chi connectivity index (χ0n) is 27.9. The Balaban J connectivity index is 0.000000491. The summed E-state index contributed by atoms with van der Waals surface area (Å²) in [5, 5.41) is 38.7. The van der Waals surface area contributed by atoms with Crippen molar-refractivity contribution in [3.8, 4) is 56.4 Å². The molecule has 0 saturated carbocycles. The number of benzene rings is 4. The van der Waals surface area contributed by atoms with E-state index in [2.05, 4.69) is 16.0 Å². The van der Waals surface area contributed by atoms with Crippen LogP contribution in [-0.4, -0.2) is 40.4 Å². The van der Waals surface area contributed by atoms with E-state index in [9.17, 15) is 15.3 Å². The molecule has 8 bridgehead atoms. The minimum atomic E-state index is 0. The first-order chi connectivity index (χ1) is 25.4. The van der Waals surface area contributed by atoms with Crippen LogP contribution in [0.25, 0.3) is 79.8 Å². The standard InChI is InChI=1S/C38H26N4O3.C6H5O.Ni/c43-27-9-1-22(2-10-27)36-30-15-7-25(39-30)21-26-8-16-31(40-26)37(23-3-11-28(44)12-4-23)33-18-20-35(42-33)38(34-19-17-32(36)41-34)24-5-13-29(45)14-6-24;7-6-4-2-1-3-5-6;/h1-21,39,42-45H;2-5,7H;/q;-1;. The van der Waals surface area contributed by atoms with E-state index in [1.807, 2.05) is 91.0 Å². The van der Waals surface area contributed by atoms with Crippen LogP contribution in [0.4, 0.5) is 0 Å². The van der Waals surface area contributed by atoms with Gasteiger partial charge in [0.1, 0.15) is 17.2 Å². The largest absolute Gasteiger partial charge is 0.533 e. The SMILES string of the molecule is Oc1cc[c-]cc1.Oc1ccc(-c2c3nc(c(-c4ccc(O)cc4)c4ccc([nH]4)c(-c4ccc(O)cc4)c4nc(cc5ccc2[nH]5)C=C4)C=C3)cc1.[Ni]. The number of phenolic OH excluding ortho intramolecular Hbond substituents is 4. The van der Waals surface area contributed by atoms with Crippen molar-refractivity contribution in [3.05, 3.63) is 156 Å². The van der Waals surface area contributed by atoms with Crippen LogP contribution < -0.4 is 0 Å². The third kappa shape index (κ3) is 7.33. The van der Waals surface area contributed by atoms with E-state index < -0.39 is 0 Å². The second-order valence-electron chi connectivity index (χ2n) is 12.3. The molecule has 0 amide bonds. The Morgan fingerprint density at radius 2 is 0.811 bits per heavy atom. The van der Waals surface area contributed by atoms with Gasteiger partial charge in [-0.2, -0.15) is 18.2 Å². The molecule has 0 aliphatic carbocycles. The fourth-order valence-corrected chi connectivity index (χ4v) is 6.31. The van der Waals surface area contributed by atoms with Crippen LogP contribution in [0.15, 0.2) is 127 Å². The number of hydrogen-bond donors (Lipinski definition) is 6. The molecule has 0 radical (unpaired) electrons. The maximum absolute atomic E-state index is 10.1. The van der Waals surface area contributed by atoms with E-state index in [1.165, 1.54) is 0 Å². The Kier molecular flexibility index (Phi) is 9.67. The minimum absolute atomic E-state index is 0. The van der Waals surface area contributed by atoms with Crippen LogP contribution >= 0.6 is 0 Å². The van der Waals surface area contributed by atoms with Gasteiger partial charge in [0.25, 0.3) is 0 Å². The van der Waals surface area contributed by atoms with E-state index in [1.54, 1.807) is 60.7 Å². The summed E-state index contributed by atoms with van der Waals surface area (Å²) in [6.45, 7) is 0. The second-order valence-corrected chi connectivity index (χ2v) is 12.3. The number of nitrogens with zero attached hydrogens (tertiary/aromatic N) is 2. The van der Waals surface area contributed by atoms with Crippen LogP contribution in [0.1, 0.15) is 22.8 Å². The number of aromatic nitrogens is 4. The quantitative estimate of drug-likeness (QED) is 0.0789. The van der Waals surface area contributed by atoms with Gasteiger partial charge in [0.2, 0.25) is 0 Å². The third-order valence-corrected chi connectivity index (χ3v) is 8.74. The van der Waals surface area contributed by atoms with E-state index in [0.29, 0.717) is 5.75 Å². The van der Waals surface area contributed by atoms with Gasteiger partial charge < -0.3 is 30.4 Å². The molecule has 6 N–H and O–H groups in total. The van der Waals surface area contributed by atoms with Gasteiger partial charge in [-0.15, -0.1) is 12.1 Å². The van der Waals surface area contributed by atoms with Crippen LogP contribution in [0.3, 0.4) is 0 Å². The zero-order chi connectivity index (χ0) is 35.6. The number of fused-ring (bicyclic) bond motifs is 8. The zero-order valence-corrected chi connectivity index (χ0v) is 28.9. The van der Waals surface area contributed by atoms with Crippen LogP contribution in [0, 0.1) is 6.07 Å². The number of phenols is 4. The van der Waals surface area contributed by atoms with Gasteiger partial charge in [-0.25, -0.2) is 9.97 Å². The number of rotatable bonds is 3. The molecule has 3 aromatic heterocycles. The van der Waals surface area contributed by atoms with Crippen molar-refractivity contribution in [1.82, 2.24) is 19.9 Å². The van der Waals surface area contributed by atoms with Gasteiger partial charge in [-0.1, -0.05) is 36.4 Å². The summed E-state index contributed by atoms with van der Waals surface area (Å²) in [7, 11) is 0. The molecule has 53 heavy (non-hydrogen) atoms. The number of nitrogens with one attached hydrogen (secondary N) is 2. The molecular weight excluding hydrogens is 707 g/mol. The molecular formula is C44H31N4NiO4-. The monoisotopic (exact) mass is 737 g/mol. The molecule has 7 aromatic rings. The Morgan fingerprint density at radius 1 is 0.415 bits per heavy atom. The molecule has 0 saturated heterocycles. The summed E-state index contributed by atoms with van der Waals surface area (Å²) < 4.78 is 0. The maximum Gasteiger partial charge on any atom is 0.115 e. The number of H-pyrrole nitrogens is 2. The molecule has 4 aromatic carbocycles. The molecule has 9 rings (SSSR count). The van der Waals surface area contributed by atoms with Crippen molar-refractivity contribution >= 4 is 46.4 Å². The Labute approximate surface area is 314 Å². The number of aromatic amines is 2. The molecule has 262 valence electrons. The summed E-state index contributed by atoms with van der Waals surface area (Å²) in [4.78, 5) is 17.3. The molecule has 0 atom stereocenters. The molecule has 0 fully saturated rings. The van der Waals surface area contributed by atoms with Gasteiger partial charge in [-0.05, 0) is 108 Å². The van der Waals surface area contributed by atoms with Gasteiger partial charge >= 0.3 is 0 Å². The normalized spacial score (nSPS) is 11.4.